The second-order valence-corrected chi connectivity index (χ2v) is 5.95. The molecule has 1 aliphatic rings. The van der Waals surface area contributed by atoms with Crippen molar-refractivity contribution in [2.45, 2.75) is 19.4 Å². The highest BCUT2D eigenvalue weighted by atomic mass is 32.2. The standard InChI is InChI=1S/C10H17NO7S/c1-2-18-9(12)3-6-19(15,16)11-4-5-17-7-8(11)10(13)14/h8H,2-7H2,1H3,(H,13,14). The van der Waals surface area contributed by atoms with E-state index < -0.39 is 33.8 Å². The smallest absolute Gasteiger partial charge is 0.324 e. The highest BCUT2D eigenvalue weighted by molar-refractivity contribution is 7.89. The zero-order valence-electron chi connectivity index (χ0n) is 10.6. The number of carboxylic acid groups (broad SMARTS) is 1. The molecule has 0 spiro atoms. The third kappa shape index (κ3) is 4.44. The summed E-state index contributed by atoms with van der Waals surface area (Å²) in [5.41, 5.74) is 0. The van der Waals surface area contributed by atoms with Crippen LogP contribution in [0.3, 0.4) is 0 Å². The van der Waals surface area contributed by atoms with Gasteiger partial charge in [0.05, 0.1) is 32.0 Å². The summed E-state index contributed by atoms with van der Waals surface area (Å²) in [6, 6.07) is -1.24. The maximum absolute atomic E-state index is 12.0. The van der Waals surface area contributed by atoms with Crippen LogP contribution < -0.4 is 0 Å². The molecule has 0 aromatic heterocycles. The van der Waals surface area contributed by atoms with Crippen LogP contribution in [0.5, 0.6) is 0 Å². The number of rotatable bonds is 6. The van der Waals surface area contributed by atoms with Crippen LogP contribution in [0.2, 0.25) is 0 Å². The Morgan fingerprint density at radius 1 is 1.47 bits per heavy atom. The molecule has 0 aromatic rings. The molecule has 1 unspecified atom stereocenters. The Bertz CT molecular complexity index is 433. The minimum absolute atomic E-state index is 0.0257. The fraction of sp³-hybridized carbons (Fsp3) is 0.800. The molecule has 19 heavy (non-hydrogen) atoms. The van der Waals surface area contributed by atoms with Gasteiger partial charge < -0.3 is 14.6 Å². The molecule has 0 radical (unpaired) electrons. The van der Waals surface area contributed by atoms with Crippen LogP contribution in [0.25, 0.3) is 0 Å². The van der Waals surface area contributed by atoms with Crippen LogP contribution in [-0.2, 0) is 29.1 Å². The summed E-state index contributed by atoms with van der Waals surface area (Å²) < 4.78 is 34.5. The Morgan fingerprint density at radius 2 is 2.16 bits per heavy atom. The number of aliphatic carboxylic acids is 1. The van der Waals surface area contributed by atoms with Crippen LogP contribution in [-0.4, -0.2) is 67.9 Å². The van der Waals surface area contributed by atoms with E-state index in [1.54, 1.807) is 6.92 Å². The molecule has 1 fully saturated rings. The van der Waals surface area contributed by atoms with Crippen molar-refractivity contribution in [2.75, 3.05) is 32.1 Å². The minimum atomic E-state index is -3.82. The first-order chi connectivity index (χ1) is 8.88. The fourth-order valence-electron chi connectivity index (χ4n) is 1.68. The van der Waals surface area contributed by atoms with Crippen LogP contribution >= 0.6 is 0 Å². The first-order valence-corrected chi connectivity index (χ1v) is 7.45. The molecule has 1 saturated heterocycles. The average Bonchev–Trinajstić information content (AvgIpc) is 2.37. The number of hydrogen-bond donors (Lipinski definition) is 1. The second-order valence-electron chi connectivity index (χ2n) is 3.91. The number of sulfonamides is 1. The van der Waals surface area contributed by atoms with Crippen LogP contribution in [0, 0.1) is 0 Å². The molecular weight excluding hydrogens is 278 g/mol. The van der Waals surface area contributed by atoms with E-state index in [0.29, 0.717) is 0 Å². The lowest BCUT2D eigenvalue weighted by Crippen LogP contribution is -2.53. The quantitative estimate of drug-likeness (QED) is 0.629. The number of carbonyl (C=O) groups is 2. The summed E-state index contributed by atoms with van der Waals surface area (Å²) in [7, 11) is -3.82. The van der Waals surface area contributed by atoms with Gasteiger partial charge in [0.2, 0.25) is 10.0 Å². The molecule has 8 nitrogen and oxygen atoms in total. The van der Waals surface area contributed by atoms with Gasteiger partial charge >= 0.3 is 11.9 Å². The number of esters is 1. The molecule has 1 heterocycles. The lowest BCUT2D eigenvalue weighted by atomic mass is 10.3. The van der Waals surface area contributed by atoms with Crippen molar-refractivity contribution in [3.63, 3.8) is 0 Å². The summed E-state index contributed by atoms with van der Waals surface area (Å²) in [6.07, 6.45) is -0.292. The molecule has 0 amide bonds. The Balaban J connectivity index is 2.69. The summed E-state index contributed by atoms with van der Waals surface area (Å²) in [5.74, 6) is -2.35. The van der Waals surface area contributed by atoms with E-state index in [1.165, 1.54) is 0 Å². The number of carboxylic acids is 1. The van der Waals surface area contributed by atoms with Gasteiger partial charge in [-0.3, -0.25) is 9.59 Å². The summed E-state index contributed by atoms with van der Waals surface area (Å²) in [5, 5.41) is 8.96. The van der Waals surface area contributed by atoms with Gasteiger partial charge in [-0.05, 0) is 6.92 Å². The Kier molecular flexibility index (Phi) is 5.70. The summed E-state index contributed by atoms with van der Waals surface area (Å²) >= 11 is 0. The number of ether oxygens (including phenoxy) is 2. The van der Waals surface area contributed by atoms with E-state index in [2.05, 4.69) is 4.74 Å². The van der Waals surface area contributed by atoms with Crippen molar-refractivity contribution >= 4 is 22.0 Å². The summed E-state index contributed by atoms with van der Waals surface area (Å²) in [6.45, 7) is 1.72. The Morgan fingerprint density at radius 3 is 2.74 bits per heavy atom. The van der Waals surface area contributed by atoms with Gasteiger partial charge in [0, 0.05) is 6.54 Å². The van der Waals surface area contributed by atoms with Gasteiger partial charge in [-0.25, -0.2) is 8.42 Å². The fourth-order valence-corrected chi connectivity index (χ4v) is 3.23. The third-order valence-electron chi connectivity index (χ3n) is 2.59. The lowest BCUT2D eigenvalue weighted by Gasteiger charge is -2.31. The molecule has 0 saturated carbocycles. The van der Waals surface area contributed by atoms with E-state index in [-0.39, 0.29) is 32.8 Å². The maximum Gasteiger partial charge on any atom is 0.324 e. The first kappa shape index (κ1) is 15.9. The number of hydrogen-bond acceptors (Lipinski definition) is 6. The molecule has 0 aromatic carbocycles. The largest absolute Gasteiger partial charge is 0.480 e. The van der Waals surface area contributed by atoms with E-state index in [1.807, 2.05) is 0 Å². The van der Waals surface area contributed by atoms with Crippen molar-refractivity contribution in [1.82, 2.24) is 4.31 Å². The molecule has 0 bridgehead atoms. The zero-order chi connectivity index (χ0) is 14.5. The highest BCUT2D eigenvalue weighted by Crippen LogP contribution is 2.14. The zero-order valence-corrected chi connectivity index (χ0v) is 11.4. The van der Waals surface area contributed by atoms with Gasteiger partial charge in [-0.2, -0.15) is 4.31 Å². The minimum Gasteiger partial charge on any atom is -0.480 e. The predicted molar refractivity (Wildman–Crippen MR) is 64.0 cm³/mol. The lowest BCUT2D eigenvalue weighted by molar-refractivity contribution is -0.146. The molecule has 1 atom stereocenters. The molecular formula is C10H17NO7S. The van der Waals surface area contributed by atoms with E-state index in [0.717, 1.165) is 4.31 Å². The number of nitrogens with zero attached hydrogens (tertiary/aromatic N) is 1. The van der Waals surface area contributed by atoms with Crippen molar-refractivity contribution in [1.29, 1.82) is 0 Å². The molecule has 1 aliphatic heterocycles. The molecule has 110 valence electrons. The first-order valence-electron chi connectivity index (χ1n) is 5.84. The highest BCUT2D eigenvalue weighted by Gasteiger charge is 2.37. The van der Waals surface area contributed by atoms with E-state index in [9.17, 15) is 18.0 Å². The maximum atomic E-state index is 12.0. The number of carbonyl (C=O) groups excluding carboxylic acids is 1. The third-order valence-corrected chi connectivity index (χ3v) is 4.46. The van der Waals surface area contributed by atoms with Crippen molar-refractivity contribution in [2.24, 2.45) is 0 Å². The van der Waals surface area contributed by atoms with Gasteiger partial charge in [0.25, 0.3) is 0 Å². The van der Waals surface area contributed by atoms with Gasteiger partial charge in [-0.15, -0.1) is 0 Å². The van der Waals surface area contributed by atoms with E-state index >= 15 is 0 Å². The second kappa shape index (κ2) is 6.83. The molecule has 0 aliphatic carbocycles. The normalized spacial score (nSPS) is 21.0. The van der Waals surface area contributed by atoms with Gasteiger partial charge in [0.15, 0.2) is 0 Å². The molecule has 1 N–H and O–H groups in total. The van der Waals surface area contributed by atoms with Gasteiger partial charge in [0.1, 0.15) is 6.04 Å². The average molecular weight is 295 g/mol. The SMILES string of the molecule is CCOC(=O)CCS(=O)(=O)N1CCOCC1C(=O)O. The number of morpholine rings is 1. The van der Waals surface area contributed by atoms with Crippen LogP contribution in [0.15, 0.2) is 0 Å². The van der Waals surface area contributed by atoms with Crippen molar-refractivity contribution < 1.29 is 32.6 Å². The Labute approximate surface area is 111 Å². The van der Waals surface area contributed by atoms with Crippen molar-refractivity contribution in [3.8, 4) is 0 Å². The molecule has 1 rings (SSSR count). The predicted octanol–water partition coefficient (Wildman–Crippen LogP) is -0.945. The van der Waals surface area contributed by atoms with Crippen LogP contribution in [0.4, 0.5) is 0 Å². The van der Waals surface area contributed by atoms with Crippen molar-refractivity contribution in [3.05, 3.63) is 0 Å². The van der Waals surface area contributed by atoms with E-state index in [4.69, 9.17) is 9.84 Å². The van der Waals surface area contributed by atoms with Gasteiger partial charge in [-0.1, -0.05) is 0 Å². The van der Waals surface area contributed by atoms with Crippen LogP contribution in [0.1, 0.15) is 13.3 Å². The molecule has 9 heteroatoms. The summed E-state index contributed by atoms with van der Waals surface area (Å²) in [4.78, 5) is 22.1. The topological polar surface area (TPSA) is 110 Å². The monoisotopic (exact) mass is 295 g/mol. The Hall–Kier alpha value is -1.19.